The van der Waals surface area contributed by atoms with Crippen molar-refractivity contribution in [3.63, 3.8) is 0 Å². The van der Waals surface area contributed by atoms with E-state index in [0.717, 1.165) is 0 Å². The summed E-state index contributed by atoms with van der Waals surface area (Å²) in [5.41, 5.74) is 0. The molecule has 0 unspecified atom stereocenters. The quantitative estimate of drug-likeness (QED) is 0.382. The van der Waals surface area contributed by atoms with Crippen LogP contribution in [0.4, 0.5) is 0 Å². The summed E-state index contributed by atoms with van der Waals surface area (Å²) in [7, 11) is 0. The molecule has 17 heavy (non-hydrogen) atoms. The van der Waals surface area contributed by atoms with E-state index in [1.807, 2.05) is 6.92 Å². The second-order valence-corrected chi connectivity index (χ2v) is 4.07. The number of amides is 1. The van der Waals surface area contributed by atoms with E-state index in [1.54, 1.807) is 0 Å². The summed E-state index contributed by atoms with van der Waals surface area (Å²) in [6.45, 7) is 1.32. The number of aliphatic hydroxyl groups is 4. The van der Waals surface area contributed by atoms with Gasteiger partial charge in [0.25, 0.3) is 0 Å². The highest BCUT2D eigenvalue weighted by atomic mass is 16.6. The molecule has 1 aliphatic heterocycles. The smallest absolute Gasteiger partial charge is 0.222 e. The van der Waals surface area contributed by atoms with Gasteiger partial charge < -0.3 is 30.5 Å². The Bertz CT molecular complexity index is 259. The fraction of sp³-hybridized carbons (Fsp3) is 0.900. The average molecular weight is 249 g/mol. The molecule has 1 aliphatic rings. The minimum Gasteiger partial charge on any atom is -0.394 e. The third-order valence-corrected chi connectivity index (χ3v) is 2.67. The Balaban J connectivity index is 2.62. The summed E-state index contributed by atoms with van der Waals surface area (Å²) < 4.78 is 5.11. The second kappa shape index (κ2) is 6.27. The first-order valence-corrected chi connectivity index (χ1v) is 5.61. The third-order valence-electron chi connectivity index (χ3n) is 2.67. The predicted molar refractivity (Wildman–Crippen MR) is 56.8 cm³/mol. The van der Waals surface area contributed by atoms with Gasteiger partial charge in [-0.05, 0) is 6.42 Å². The largest absolute Gasteiger partial charge is 0.394 e. The Morgan fingerprint density at radius 3 is 2.41 bits per heavy atom. The summed E-state index contributed by atoms with van der Waals surface area (Å²) in [4.78, 5) is 11.3. The molecule has 5 atom stereocenters. The topological polar surface area (TPSA) is 119 Å². The molecule has 1 rings (SSSR count). The van der Waals surface area contributed by atoms with Crippen LogP contribution in [-0.2, 0) is 9.53 Å². The predicted octanol–water partition coefficient (Wildman–Crippen LogP) is -2.30. The standard InChI is InChI=1S/C10H19NO6/c1-2-3-6(13)11-10-9(16)8(15)7(14)5(4-12)17-10/h5,7-10,12,14-16H,2-4H2,1H3,(H,11,13)/t5-,7+,8+,9+,10-/m1/s1. The molecule has 0 bridgehead atoms. The van der Waals surface area contributed by atoms with E-state index in [-0.39, 0.29) is 12.3 Å². The van der Waals surface area contributed by atoms with Gasteiger partial charge in [-0.2, -0.15) is 0 Å². The van der Waals surface area contributed by atoms with Crippen LogP contribution < -0.4 is 5.32 Å². The van der Waals surface area contributed by atoms with Crippen molar-refractivity contribution in [2.24, 2.45) is 0 Å². The van der Waals surface area contributed by atoms with Crippen LogP contribution in [0.5, 0.6) is 0 Å². The van der Waals surface area contributed by atoms with Crippen LogP contribution in [-0.4, -0.2) is 63.6 Å². The Hall–Kier alpha value is -0.730. The SMILES string of the molecule is CCCC(=O)N[C@@H]1O[C@H](CO)[C@H](O)[C@H](O)[C@@H]1O. The van der Waals surface area contributed by atoms with Crippen LogP contribution in [0, 0.1) is 0 Å². The fourth-order valence-corrected chi connectivity index (χ4v) is 1.68. The van der Waals surface area contributed by atoms with Crippen LogP contribution in [0.1, 0.15) is 19.8 Å². The van der Waals surface area contributed by atoms with Crippen molar-refractivity contribution in [3.8, 4) is 0 Å². The number of ether oxygens (including phenoxy) is 1. The van der Waals surface area contributed by atoms with Gasteiger partial charge in [-0.1, -0.05) is 6.92 Å². The molecular formula is C10H19NO6. The molecule has 1 fully saturated rings. The van der Waals surface area contributed by atoms with Crippen molar-refractivity contribution in [2.75, 3.05) is 6.61 Å². The molecule has 0 spiro atoms. The van der Waals surface area contributed by atoms with Gasteiger partial charge in [0.1, 0.15) is 24.4 Å². The molecule has 0 aromatic heterocycles. The van der Waals surface area contributed by atoms with Gasteiger partial charge in [0.2, 0.25) is 5.91 Å². The van der Waals surface area contributed by atoms with Gasteiger partial charge in [0.15, 0.2) is 6.23 Å². The first-order valence-electron chi connectivity index (χ1n) is 5.61. The van der Waals surface area contributed by atoms with Crippen LogP contribution >= 0.6 is 0 Å². The average Bonchev–Trinajstić information content (AvgIpc) is 2.30. The number of nitrogens with one attached hydrogen (secondary N) is 1. The highest BCUT2D eigenvalue weighted by Crippen LogP contribution is 2.19. The van der Waals surface area contributed by atoms with Crippen molar-refractivity contribution >= 4 is 5.91 Å². The van der Waals surface area contributed by atoms with Crippen molar-refractivity contribution in [1.29, 1.82) is 0 Å². The lowest BCUT2D eigenvalue weighted by Gasteiger charge is -2.40. The van der Waals surface area contributed by atoms with Crippen LogP contribution in [0.3, 0.4) is 0 Å². The summed E-state index contributed by atoms with van der Waals surface area (Å²) in [6.07, 6.45) is -5.50. The van der Waals surface area contributed by atoms with E-state index in [1.165, 1.54) is 0 Å². The minimum atomic E-state index is -1.46. The zero-order chi connectivity index (χ0) is 13.0. The second-order valence-electron chi connectivity index (χ2n) is 4.07. The molecule has 0 aromatic carbocycles. The lowest BCUT2D eigenvalue weighted by Crippen LogP contribution is -2.63. The molecule has 1 heterocycles. The number of carbonyl (C=O) groups is 1. The van der Waals surface area contributed by atoms with Gasteiger partial charge in [-0.25, -0.2) is 0 Å². The highest BCUT2D eigenvalue weighted by Gasteiger charge is 2.43. The number of carbonyl (C=O) groups excluding carboxylic acids is 1. The van der Waals surface area contributed by atoms with Crippen LogP contribution in [0.15, 0.2) is 0 Å². The molecule has 0 radical (unpaired) electrons. The highest BCUT2D eigenvalue weighted by molar-refractivity contribution is 5.76. The molecule has 100 valence electrons. The van der Waals surface area contributed by atoms with E-state index in [9.17, 15) is 20.1 Å². The van der Waals surface area contributed by atoms with Crippen molar-refractivity contribution in [1.82, 2.24) is 5.32 Å². The number of hydrogen-bond donors (Lipinski definition) is 5. The Morgan fingerprint density at radius 2 is 1.88 bits per heavy atom. The van der Waals surface area contributed by atoms with Gasteiger partial charge in [-0.15, -0.1) is 0 Å². The Kier molecular flexibility index (Phi) is 5.29. The zero-order valence-electron chi connectivity index (χ0n) is 9.61. The molecular weight excluding hydrogens is 230 g/mol. The normalized spacial score (nSPS) is 37.8. The zero-order valence-corrected chi connectivity index (χ0v) is 9.61. The minimum absolute atomic E-state index is 0.273. The van der Waals surface area contributed by atoms with E-state index in [0.29, 0.717) is 6.42 Å². The summed E-state index contributed by atoms with van der Waals surface area (Å²) in [6, 6.07) is 0. The fourth-order valence-electron chi connectivity index (χ4n) is 1.68. The third kappa shape index (κ3) is 3.36. The van der Waals surface area contributed by atoms with Crippen molar-refractivity contribution < 1.29 is 30.0 Å². The van der Waals surface area contributed by atoms with Gasteiger partial charge in [-0.3, -0.25) is 4.79 Å². The summed E-state index contributed by atoms with van der Waals surface area (Å²) in [5, 5.41) is 39.9. The molecule has 1 saturated heterocycles. The monoisotopic (exact) mass is 249 g/mol. The molecule has 7 heteroatoms. The summed E-state index contributed by atoms with van der Waals surface area (Å²) >= 11 is 0. The molecule has 1 amide bonds. The molecule has 0 saturated carbocycles. The number of rotatable bonds is 4. The van der Waals surface area contributed by atoms with E-state index in [4.69, 9.17) is 9.84 Å². The maximum absolute atomic E-state index is 11.3. The van der Waals surface area contributed by atoms with E-state index in [2.05, 4.69) is 5.32 Å². The lowest BCUT2D eigenvalue weighted by atomic mass is 9.98. The lowest BCUT2D eigenvalue weighted by molar-refractivity contribution is -0.235. The first kappa shape index (κ1) is 14.3. The summed E-state index contributed by atoms with van der Waals surface area (Å²) in [5.74, 6) is -0.322. The molecule has 5 N–H and O–H groups in total. The number of aliphatic hydroxyl groups excluding tert-OH is 4. The van der Waals surface area contributed by atoms with Crippen LogP contribution in [0.25, 0.3) is 0 Å². The van der Waals surface area contributed by atoms with Crippen molar-refractivity contribution in [3.05, 3.63) is 0 Å². The molecule has 0 aromatic rings. The van der Waals surface area contributed by atoms with Crippen molar-refractivity contribution in [2.45, 2.75) is 50.4 Å². The maximum atomic E-state index is 11.3. The molecule has 0 aliphatic carbocycles. The van der Waals surface area contributed by atoms with Gasteiger partial charge >= 0.3 is 0 Å². The Morgan fingerprint density at radius 1 is 1.24 bits per heavy atom. The van der Waals surface area contributed by atoms with E-state index < -0.39 is 37.3 Å². The van der Waals surface area contributed by atoms with Crippen LogP contribution in [0.2, 0.25) is 0 Å². The molecule has 7 nitrogen and oxygen atoms in total. The first-order chi connectivity index (χ1) is 8.01. The maximum Gasteiger partial charge on any atom is 0.222 e. The van der Waals surface area contributed by atoms with Gasteiger partial charge in [0.05, 0.1) is 6.61 Å². The van der Waals surface area contributed by atoms with Gasteiger partial charge in [0, 0.05) is 6.42 Å². The Labute approximate surface area is 99.0 Å². The number of hydrogen-bond acceptors (Lipinski definition) is 6. The van der Waals surface area contributed by atoms with E-state index >= 15 is 0 Å².